The van der Waals surface area contributed by atoms with Crippen LogP contribution in [0.4, 0.5) is 5.69 Å². The monoisotopic (exact) mass is 288 g/mol. The predicted molar refractivity (Wildman–Crippen MR) is 91.9 cm³/mol. The standard InChI is InChI=1S/C17H28N4/c1-6-9-15(11-8-10-13(3)4)20-14(5)17-16(18-7-2)12-19-21-17/h7,12,15,18,20H,2-3,5-6,8-11H2,1,4H3,(H,19,21). The van der Waals surface area contributed by atoms with Crippen LogP contribution >= 0.6 is 0 Å². The van der Waals surface area contributed by atoms with Crippen molar-refractivity contribution in [1.29, 1.82) is 0 Å². The molecule has 0 amide bonds. The van der Waals surface area contributed by atoms with Crippen molar-refractivity contribution >= 4 is 11.4 Å². The second-order valence-electron chi connectivity index (χ2n) is 5.46. The van der Waals surface area contributed by atoms with Gasteiger partial charge in [-0.1, -0.05) is 32.1 Å². The Kier molecular flexibility index (Phi) is 7.37. The highest BCUT2D eigenvalue weighted by Gasteiger charge is 2.12. The summed E-state index contributed by atoms with van der Waals surface area (Å²) in [5.41, 5.74) is 3.89. The summed E-state index contributed by atoms with van der Waals surface area (Å²) in [6.45, 7) is 16.1. The normalized spacial score (nSPS) is 11.7. The molecule has 1 rings (SSSR count). The highest BCUT2D eigenvalue weighted by Crippen LogP contribution is 2.20. The molecule has 0 aliphatic carbocycles. The molecule has 3 N–H and O–H groups in total. The zero-order chi connectivity index (χ0) is 15.7. The third-order valence-corrected chi connectivity index (χ3v) is 3.37. The molecule has 0 saturated heterocycles. The lowest BCUT2D eigenvalue weighted by molar-refractivity contribution is 0.491. The lowest BCUT2D eigenvalue weighted by Crippen LogP contribution is -2.27. The number of aromatic nitrogens is 2. The summed E-state index contributed by atoms with van der Waals surface area (Å²) in [6.07, 6.45) is 9.02. The first-order chi connectivity index (χ1) is 10.1. The maximum absolute atomic E-state index is 4.13. The molecular weight excluding hydrogens is 260 g/mol. The van der Waals surface area contributed by atoms with Crippen LogP contribution in [-0.2, 0) is 0 Å². The Morgan fingerprint density at radius 1 is 1.43 bits per heavy atom. The topological polar surface area (TPSA) is 52.7 Å². The van der Waals surface area contributed by atoms with E-state index in [1.54, 1.807) is 12.4 Å². The van der Waals surface area contributed by atoms with E-state index in [2.05, 4.69) is 54.4 Å². The van der Waals surface area contributed by atoms with Crippen LogP contribution in [0.25, 0.3) is 5.70 Å². The van der Waals surface area contributed by atoms with Gasteiger partial charge in [-0.25, -0.2) is 0 Å². The van der Waals surface area contributed by atoms with Crippen LogP contribution < -0.4 is 10.6 Å². The number of hydrogen-bond donors (Lipinski definition) is 3. The molecule has 0 spiro atoms. The molecule has 1 aromatic heterocycles. The lowest BCUT2D eigenvalue weighted by atomic mass is 10.0. The molecule has 1 aromatic rings. The van der Waals surface area contributed by atoms with E-state index in [4.69, 9.17) is 0 Å². The van der Waals surface area contributed by atoms with E-state index in [0.29, 0.717) is 6.04 Å². The fraction of sp³-hybridized carbons (Fsp3) is 0.471. The minimum atomic E-state index is 0.432. The van der Waals surface area contributed by atoms with Crippen LogP contribution in [0, 0.1) is 0 Å². The van der Waals surface area contributed by atoms with Crippen molar-refractivity contribution in [2.75, 3.05) is 5.32 Å². The van der Waals surface area contributed by atoms with Crippen molar-refractivity contribution in [2.45, 2.75) is 52.0 Å². The molecule has 1 unspecified atom stereocenters. The van der Waals surface area contributed by atoms with E-state index in [1.807, 2.05) is 0 Å². The summed E-state index contributed by atoms with van der Waals surface area (Å²) in [5.74, 6) is 0. The smallest absolute Gasteiger partial charge is 0.104 e. The third kappa shape index (κ3) is 5.90. The Balaban J connectivity index is 2.60. The number of hydrogen-bond acceptors (Lipinski definition) is 3. The summed E-state index contributed by atoms with van der Waals surface area (Å²) in [4.78, 5) is 0. The summed E-state index contributed by atoms with van der Waals surface area (Å²) < 4.78 is 0. The molecule has 0 radical (unpaired) electrons. The Labute approximate surface area is 128 Å². The van der Waals surface area contributed by atoms with E-state index < -0.39 is 0 Å². The van der Waals surface area contributed by atoms with Gasteiger partial charge in [-0.05, 0) is 38.8 Å². The van der Waals surface area contributed by atoms with Gasteiger partial charge in [-0.2, -0.15) is 5.10 Å². The average molecular weight is 288 g/mol. The van der Waals surface area contributed by atoms with Gasteiger partial charge in [-0.15, -0.1) is 6.58 Å². The molecule has 0 aromatic carbocycles. The van der Waals surface area contributed by atoms with Gasteiger partial charge >= 0.3 is 0 Å². The van der Waals surface area contributed by atoms with Gasteiger partial charge in [0.1, 0.15) is 5.69 Å². The summed E-state index contributed by atoms with van der Waals surface area (Å²) >= 11 is 0. The Morgan fingerprint density at radius 3 is 2.81 bits per heavy atom. The van der Waals surface area contributed by atoms with Crippen molar-refractivity contribution in [3.63, 3.8) is 0 Å². The Bertz CT molecular complexity index is 473. The largest absolute Gasteiger partial charge is 0.381 e. The lowest BCUT2D eigenvalue weighted by Gasteiger charge is -2.21. The average Bonchev–Trinajstić information content (AvgIpc) is 2.87. The van der Waals surface area contributed by atoms with E-state index in [-0.39, 0.29) is 0 Å². The molecule has 0 saturated carbocycles. The van der Waals surface area contributed by atoms with Gasteiger partial charge in [0, 0.05) is 6.04 Å². The van der Waals surface area contributed by atoms with Gasteiger partial charge < -0.3 is 10.6 Å². The molecule has 0 fully saturated rings. The van der Waals surface area contributed by atoms with Gasteiger partial charge in [0.2, 0.25) is 0 Å². The first kappa shape index (κ1) is 17.1. The molecular formula is C17H28N4. The van der Waals surface area contributed by atoms with Crippen molar-refractivity contribution in [1.82, 2.24) is 15.5 Å². The second-order valence-corrected chi connectivity index (χ2v) is 5.46. The molecule has 4 heteroatoms. The summed E-state index contributed by atoms with van der Waals surface area (Å²) in [7, 11) is 0. The Hall–Kier alpha value is -1.97. The van der Waals surface area contributed by atoms with Crippen LogP contribution in [0.1, 0.15) is 51.6 Å². The molecule has 21 heavy (non-hydrogen) atoms. The van der Waals surface area contributed by atoms with Crippen molar-refractivity contribution in [2.24, 2.45) is 0 Å². The van der Waals surface area contributed by atoms with Crippen molar-refractivity contribution in [3.05, 3.63) is 43.4 Å². The number of anilines is 1. The van der Waals surface area contributed by atoms with E-state index in [0.717, 1.165) is 49.2 Å². The number of nitrogens with zero attached hydrogens (tertiary/aromatic N) is 1. The van der Waals surface area contributed by atoms with Gasteiger partial charge in [-0.3, -0.25) is 5.10 Å². The number of allylic oxidation sites excluding steroid dienone is 1. The maximum atomic E-state index is 4.13. The molecule has 1 heterocycles. The molecule has 0 aliphatic heterocycles. The first-order valence-corrected chi connectivity index (χ1v) is 7.59. The SMILES string of the molecule is C=CNc1cn[nH]c1C(=C)NC(CCC)CCCC(=C)C. The van der Waals surface area contributed by atoms with E-state index in [1.165, 1.54) is 5.57 Å². The van der Waals surface area contributed by atoms with E-state index in [9.17, 15) is 0 Å². The summed E-state index contributed by atoms with van der Waals surface area (Å²) in [5, 5.41) is 13.6. The van der Waals surface area contributed by atoms with Crippen LogP contribution in [-0.4, -0.2) is 16.2 Å². The highest BCUT2D eigenvalue weighted by molar-refractivity contribution is 5.71. The molecule has 0 aliphatic rings. The van der Waals surface area contributed by atoms with Gasteiger partial charge in [0.25, 0.3) is 0 Å². The highest BCUT2D eigenvalue weighted by atomic mass is 15.2. The number of H-pyrrole nitrogens is 1. The third-order valence-electron chi connectivity index (χ3n) is 3.37. The molecule has 4 nitrogen and oxygen atoms in total. The molecule has 0 bridgehead atoms. The quantitative estimate of drug-likeness (QED) is 0.528. The fourth-order valence-corrected chi connectivity index (χ4v) is 2.34. The van der Waals surface area contributed by atoms with E-state index >= 15 is 0 Å². The predicted octanol–water partition coefficient (Wildman–Crippen LogP) is 4.44. The zero-order valence-electron chi connectivity index (χ0n) is 13.3. The van der Waals surface area contributed by atoms with Crippen LogP contribution in [0.15, 0.2) is 37.7 Å². The molecule has 1 atom stereocenters. The second kappa shape index (κ2) is 9.06. The molecule has 116 valence electrons. The minimum absolute atomic E-state index is 0.432. The number of rotatable bonds is 11. The first-order valence-electron chi connectivity index (χ1n) is 7.59. The fourth-order valence-electron chi connectivity index (χ4n) is 2.34. The Morgan fingerprint density at radius 2 is 2.19 bits per heavy atom. The maximum Gasteiger partial charge on any atom is 0.104 e. The van der Waals surface area contributed by atoms with Gasteiger partial charge in [0.15, 0.2) is 0 Å². The number of nitrogens with one attached hydrogen (secondary N) is 3. The van der Waals surface area contributed by atoms with Gasteiger partial charge in [0.05, 0.1) is 17.6 Å². The van der Waals surface area contributed by atoms with Crippen LogP contribution in [0.3, 0.4) is 0 Å². The van der Waals surface area contributed by atoms with Crippen LogP contribution in [0.2, 0.25) is 0 Å². The van der Waals surface area contributed by atoms with Crippen molar-refractivity contribution < 1.29 is 0 Å². The minimum Gasteiger partial charge on any atom is -0.381 e. The zero-order valence-corrected chi connectivity index (χ0v) is 13.3. The summed E-state index contributed by atoms with van der Waals surface area (Å²) in [6, 6.07) is 0.432. The van der Waals surface area contributed by atoms with Crippen LogP contribution in [0.5, 0.6) is 0 Å². The number of aromatic amines is 1. The van der Waals surface area contributed by atoms with Crippen molar-refractivity contribution in [3.8, 4) is 0 Å².